The van der Waals surface area contributed by atoms with Crippen LogP contribution in [0.5, 0.6) is 5.75 Å². The molecule has 0 aliphatic carbocycles. The second-order valence-electron chi connectivity index (χ2n) is 4.70. The summed E-state index contributed by atoms with van der Waals surface area (Å²) >= 11 is 0. The van der Waals surface area contributed by atoms with E-state index >= 15 is 0 Å². The molecule has 0 amide bonds. The van der Waals surface area contributed by atoms with Crippen LogP contribution >= 0.6 is 0 Å². The lowest BCUT2D eigenvalue weighted by atomic mass is 10.3. The van der Waals surface area contributed by atoms with Crippen molar-refractivity contribution in [2.45, 2.75) is 11.8 Å². The van der Waals surface area contributed by atoms with Crippen LogP contribution in [-0.4, -0.2) is 52.3 Å². The predicted octanol–water partition coefficient (Wildman–Crippen LogP) is 0.0866. The van der Waals surface area contributed by atoms with Crippen LogP contribution in [0.25, 0.3) is 0 Å². The van der Waals surface area contributed by atoms with E-state index in [9.17, 15) is 16.8 Å². The van der Waals surface area contributed by atoms with Gasteiger partial charge in [0.05, 0.1) is 18.1 Å². The fourth-order valence-corrected chi connectivity index (χ4v) is 5.12. The number of sulfone groups is 1. The second-order valence-corrected chi connectivity index (χ2v) is 8.91. The summed E-state index contributed by atoms with van der Waals surface area (Å²) in [5.74, 6) is -0.114. The van der Waals surface area contributed by atoms with E-state index in [4.69, 9.17) is 10.5 Å². The Bertz CT molecular complexity index is 714. The number of nitrogen functional groups attached to an aromatic ring is 1. The Labute approximate surface area is 124 Å². The summed E-state index contributed by atoms with van der Waals surface area (Å²) in [4.78, 5) is -0.0244. The lowest BCUT2D eigenvalue weighted by Crippen LogP contribution is -2.43. The van der Waals surface area contributed by atoms with Crippen LogP contribution in [0.4, 0.5) is 5.69 Å². The smallest absolute Gasteiger partial charge is 0.246 e. The van der Waals surface area contributed by atoms with Gasteiger partial charge in [0.25, 0.3) is 0 Å². The lowest BCUT2D eigenvalue weighted by Gasteiger charge is -2.26. The molecule has 0 atom stereocenters. The van der Waals surface area contributed by atoms with E-state index in [0.717, 1.165) is 4.31 Å². The maximum atomic E-state index is 12.6. The minimum absolute atomic E-state index is 0.0244. The molecule has 0 radical (unpaired) electrons. The largest absolute Gasteiger partial charge is 0.492 e. The fraction of sp³-hybridized carbons (Fsp3) is 0.500. The maximum Gasteiger partial charge on any atom is 0.246 e. The molecule has 1 saturated heterocycles. The third-order valence-electron chi connectivity index (χ3n) is 3.19. The van der Waals surface area contributed by atoms with Gasteiger partial charge in [0.15, 0.2) is 9.84 Å². The number of benzene rings is 1. The molecule has 0 unspecified atom stereocenters. The highest BCUT2D eigenvalue weighted by molar-refractivity contribution is 7.92. The van der Waals surface area contributed by atoms with Crippen molar-refractivity contribution in [3.8, 4) is 5.75 Å². The predicted molar refractivity (Wildman–Crippen MR) is 79.4 cm³/mol. The van der Waals surface area contributed by atoms with Gasteiger partial charge in [-0.25, -0.2) is 16.8 Å². The van der Waals surface area contributed by atoms with Gasteiger partial charge in [-0.2, -0.15) is 4.31 Å². The van der Waals surface area contributed by atoms with Gasteiger partial charge in [-0.05, 0) is 25.1 Å². The monoisotopic (exact) mass is 334 g/mol. The van der Waals surface area contributed by atoms with Crippen molar-refractivity contribution in [3.63, 3.8) is 0 Å². The van der Waals surface area contributed by atoms with Crippen molar-refractivity contribution in [3.05, 3.63) is 18.2 Å². The molecule has 7 nitrogen and oxygen atoms in total. The van der Waals surface area contributed by atoms with Crippen LogP contribution < -0.4 is 10.5 Å². The molecule has 0 bridgehead atoms. The Hall–Kier alpha value is -1.32. The van der Waals surface area contributed by atoms with Crippen molar-refractivity contribution >= 4 is 25.5 Å². The van der Waals surface area contributed by atoms with Crippen LogP contribution in [-0.2, 0) is 19.9 Å². The first-order valence-electron chi connectivity index (χ1n) is 6.49. The molecule has 1 heterocycles. The van der Waals surface area contributed by atoms with E-state index in [0.29, 0.717) is 12.3 Å². The van der Waals surface area contributed by atoms with E-state index in [1.165, 1.54) is 12.1 Å². The molecule has 1 aliphatic heterocycles. The molecule has 118 valence electrons. The first kappa shape index (κ1) is 16.1. The quantitative estimate of drug-likeness (QED) is 0.782. The summed E-state index contributed by atoms with van der Waals surface area (Å²) in [7, 11) is -6.97. The summed E-state index contributed by atoms with van der Waals surface area (Å²) < 4.78 is 54.6. The topological polar surface area (TPSA) is 107 Å². The number of hydrogen-bond acceptors (Lipinski definition) is 6. The highest BCUT2D eigenvalue weighted by Gasteiger charge is 2.33. The number of nitrogens with zero attached hydrogens (tertiary/aromatic N) is 1. The van der Waals surface area contributed by atoms with Gasteiger partial charge in [0.2, 0.25) is 10.0 Å². The van der Waals surface area contributed by atoms with Gasteiger partial charge in [-0.1, -0.05) is 0 Å². The van der Waals surface area contributed by atoms with Crippen molar-refractivity contribution in [1.82, 2.24) is 4.31 Å². The second kappa shape index (κ2) is 5.82. The number of ether oxygens (including phenoxy) is 1. The van der Waals surface area contributed by atoms with E-state index in [2.05, 4.69) is 0 Å². The molecule has 1 aromatic carbocycles. The van der Waals surface area contributed by atoms with Crippen LogP contribution in [0.1, 0.15) is 6.92 Å². The van der Waals surface area contributed by atoms with Gasteiger partial charge in [-0.15, -0.1) is 0 Å². The van der Waals surface area contributed by atoms with Gasteiger partial charge in [0.1, 0.15) is 10.6 Å². The molecule has 0 saturated carbocycles. The van der Waals surface area contributed by atoms with Crippen LogP contribution in [0.15, 0.2) is 23.1 Å². The molecular formula is C12H18N2O5S2. The van der Waals surface area contributed by atoms with Crippen LogP contribution in [0.3, 0.4) is 0 Å². The summed E-state index contributed by atoms with van der Waals surface area (Å²) in [6.07, 6.45) is 0. The Morgan fingerprint density at radius 2 is 1.90 bits per heavy atom. The first-order chi connectivity index (χ1) is 9.76. The number of sulfonamides is 1. The van der Waals surface area contributed by atoms with E-state index in [1.54, 1.807) is 13.0 Å². The average Bonchev–Trinajstić information content (AvgIpc) is 2.40. The van der Waals surface area contributed by atoms with Crippen molar-refractivity contribution in [2.24, 2.45) is 0 Å². The van der Waals surface area contributed by atoms with E-state index in [1.807, 2.05) is 0 Å². The Morgan fingerprint density at radius 3 is 2.48 bits per heavy atom. The molecule has 0 aromatic heterocycles. The standard InChI is InChI=1S/C12H18N2O5S2/c1-2-19-11-4-3-10(13)9-12(11)21(17,18)14-5-7-20(15,16)8-6-14/h3-4,9H,2,5-8,13H2,1H3. The minimum Gasteiger partial charge on any atom is -0.492 e. The highest BCUT2D eigenvalue weighted by Crippen LogP contribution is 2.29. The third kappa shape index (κ3) is 3.47. The lowest BCUT2D eigenvalue weighted by molar-refractivity contribution is 0.329. The van der Waals surface area contributed by atoms with Gasteiger partial charge < -0.3 is 10.5 Å². The minimum atomic E-state index is -3.82. The third-order valence-corrected chi connectivity index (χ3v) is 6.72. The Balaban J connectivity index is 2.38. The number of rotatable bonds is 4. The molecule has 9 heteroatoms. The number of hydrogen-bond donors (Lipinski definition) is 1. The van der Waals surface area contributed by atoms with Crippen molar-refractivity contribution in [1.29, 1.82) is 0 Å². The maximum absolute atomic E-state index is 12.6. The zero-order valence-electron chi connectivity index (χ0n) is 11.6. The average molecular weight is 334 g/mol. The molecule has 1 aromatic rings. The molecule has 21 heavy (non-hydrogen) atoms. The fourth-order valence-electron chi connectivity index (χ4n) is 2.08. The summed E-state index contributed by atoms with van der Waals surface area (Å²) in [6.45, 7) is 1.97. The number of nitrogens with two attached hydrogens (primary N) is 1. The zero-order valence-corrected chi connectivity index (χ0v) is 13.3. The number of anilines is 1. The molecule has 1 fully saturated rings. The summed E-state index contributed by atoms with van der Waals surface area (Å²) in [5, 5.41) is 0. The summed E-state index contributed by atoms with van der Waals surface area (Å²) in [6, 6.07) is 4.40. The van der Waals surface area contributed by atoms with Gasteiger partial charge in [-0.3, -0.25) is 0 Å². The van der Waals surface area contributed by atoms with Crippen LogP contribution in [0.2, 0.25) is 0 Å². The van der Waals surface area contributed by atoms with E-state index in [-0.39, 0.29) is 35.2 Å². The Morgan fingerprint density at radius 1 is 1.29 bits per heavy atom. The first-order valence-corrected chi connectivity index (χ1v) is 9.75. The van der Waals surface area contributed by atoms with Crippen molar-refractivity contribution < 1.29 is 21.6 Å². The Kier molecular flexibility index (Phi) is 4.45. The normalized spacial score (nSPS) is 19.3. The summed E-state index contributed by atoms with van der Waals surface area (Å²) in [5.41, 5.74) is 5.97. The highest BCUT2D eigenvalue weighted by atomic mass is 32.2. The molecular weight excluding hydrogens is 316 g/mol. The van der Waals surface area contributed by atoms with Gasteiger partial charge in [0, 0.05) is 18.8 Å². The van der Waals surface area contributed by atoms with Crippen molar-refractivity contribution in [2.75, 3.05) is 36.9 Å². The molecule has 2 N–H and O–H groups in total. The molecule has 0 spiro atoms. The van der Waals surface area contributed by atoms with E-state index < -0.39 is 19.9 Å². The van der Waals surface area contributed by atoms with Gasteiger partial charge >= 0.3 is 0 Å². The SMILES string of the molecule is CCOc1ccc(N)cc1S(=O)(=O)N1CCS(=O)(=O)CC1. The zero-order chi connectivity index (χ0) is 15.7. The molecule has 1 aliphatic rings. The molecule has 2 rings (SSSR count). The van der Waals surface area contributed by atoms with Crippen LogP contribution in [0, 0.1) is 0 Å².